The summed E-state index contributed by atoms with van der Waals surface area (Å²) in [5, 5.41) is 3.16. The number of methoxy groups -OCH3 is 2. The van der Waals surface area contributed by atoms with E-state index in [0.717, 1.165) is 24.0 Å². The largest absolute Gasteiger partial charge is 0.493 e. The predicted molar refractivity (Wildman–Crippen MR) is 109 cm³/mol. The monoisotopic (exact) mass is 394 g/mol. The molecular weight excluding hydrogens is 368 g/mol. The van der Waals surface area contributed by atoms with Gasteiger partial charge in [0.05, 0.1) is 26.2 Å². The van der Waals surface area contributed by atoms with Gasteiger partial charge in [-0.15, -0.1) is 0 Å². The molecule has 2 aliphatic rings. The number of benzene rings is 2. The first-order valence-corrected chi connectivity index (χ1v) is 9.96. The maximum Gasteiger partial charge on any atom is 0.225 e. The lowest BCUT2D eigenvalue weighted by atomic mass is 10.0. The van der Waals surface area contributed by atoms with Crippen LogP contribution in [-0.2, 0) is 22.6 Å². The summed E-state index contributed by atoms with van der Waals surface area (Å²) in [5.41, 5.74) is 3.32. The number of rotatable bonds is 6. The molecule has 29 heavy (non-hydrogen) atoms. The van der Waals surface area contributed by atoms with Crippen LogP contribution in [0.4, 0.5) is 0 Å². The van der Waals surface area contributed by atoms with Gasteiger partial charge in [0.25, 0.3) is 0 Å². The molecule has 1 aliphatic heterocycles. The zero-order valence-electron chi connectivity index (χ0n) is 16.8. The molecule has 6 nitrogen and oxygen atoms in total. The molecule has 0 unspecified atom stereocenters. The Morgan fingerprint density at radius 2 is 1.86 bits per heavy atom. The number of fused-ring (bicyclic) bond motifs is 1. The van der Waals surface area contributed by atoms with Crippen molar-refractivity contribution in [1.29, 1.82) is 0 Å². The van der Waals surface area contributed by atoms with Crippen LogP contribution in [0.3, 0.4) is 0 Å². The van der Waals surface area contributed by atoms with E-state index in [1.165, 1.54) is 5.56 Å². The van der Waals surface area contributed by atoms with Crippen LogP contribution in [0.2, 0.25) is 0 Å². The molecule has 1 N–H and O–H groups in total. The molecule has 1 fully saturated rings. The lowest BCUT2D eigenvalue weighted by molar-refractivity contribution is -0.129. The van der Waals surface area contributed by atoms with Crippen LogP contribution in [0.25, 0.3) is 0 Å². The Bertz CT molecular complexity index is 913. The van der Waals surface area contributed by atoms with Crippen molar-refractivity contribution >= 4 is 11.8 Å². The average Bonchev–Trinajstić information content (AvgIpc) is 3.30. The second-order valence-corrected chi connectivity index (χ2v) is 7.67. The molecule has 0 spiro atoms. The molecule has 2 amide bonds. The fourth-order valence-corrected chi connectivity index (χ4v) is 4.28. The lowest BCUT2D eigenvalue weighted by Gasteiger charge is -2.19. The first kappa shape index (κ1) is 19.3. The molecule has 2 aromatic rings. The number of hydrogen-bond donors (Lipinski definition) is 1. The molecule has 2 atom stereocenters. The van der Waals surface area contributed by atoms with E-state index in [2.05, 4.69) is 5.32 Å². The third kappa shape index (κ3) is 3.92. The second-order valence-electron chi connectivity index (χ2n) is 7.67. The highest BCUT2D eigenvalue weighted by Gasteiger charge is 2.36. The van der Waals surface area contributed by atoms with Crippen LogP contribution in [0.5, 0.6) is 11.5 Å². The number of carbonyl (C=O) groups is 2. The molecule has 1 saturated heterocycles. The van der Waals surface area contributed by atoms with Gasteiger partial charge in [0.15, 0.2) is 11.5 Å². The average molecular weight is 394 g/mol. The number of nitrogens with zero attached hydrogens (tertiary/aromatic N) is 1. The van der Waals surface area contributed by atoms with Gasteiger partial charge in [-0.05, 0) is 41.7 Å². The first-order chi connectivity index (χ1) is 14.1. The van der Waals surface area contributed by atoms with E-state index in [1.54, 1.807) is 19.1 Å². The molecule has 0 saturated carbocycles. The Labute approximate surface area is 170 Å². The molecule has 0 radical (unpaired) electrons. The smallest absolute Gasteiger partial charge is 0.225 e. The van der Waals surface area contributed by atoms with Crippen molar-refractivity contribution in [3.63, 3.8) is 0 Å². The molecule has 1 aliphatic carbocycles. The summed E-state index contributed by atoms with van der Waals surface area (Å²) >= 11 is 0. The summed E-state index contributed by atoms with van der Waals surface area (Å²) in [6.45, 7) is 1.01. The van der Waals surface area contributed by atoms with Crippen molar-refractivity contribution < 1.29 is 19.1 Å². The normalized spacial score (nSPS) is 20.5. The highest BCUT2D eigenvalue weighted by atomic mass is 16.5. The number of hydrogen-bond acceptors (Lipinski definition) is 4. The number of ether oxygens (including phenoxy) is 2. The molecular formula is C23H26N2O4. The van der Waals surface area contributed by atoms with E-state index < -0.39 is 0 Å². The van der Waals surface area contributed by atoms with Crippen molar-refractivity contribution in [1.82, 2.24) is 10.2 Å². The minimum absolute atomic E-state index is 0.0345. The summed E-state index contributed by atoms with van der Waals surface area (Å²) in [4.78, 5) is 27.1. The van der Waals surface area contributed by atoms with Crippen molar-refractivity contribution in [3.05, 3.63) is 59.2 Å². The highest BCUT2D eigenvalue weighted by Crippen LogP contribution is 2.39. The standard InChI is InChI=1S/C23H26N2O4/c1-28-20-10-16-8-9-19(18(16)12-21(20)29-2)24-23(27)17-11-22(26)25(14-17)13-15-6-4-3-5-7-15/h3-7,10,12,17,19H,8-9,11,13-14H2,1-2H3,(H,24,27)/t17-,19+/m0/s1. The Kier molecular flexibility index (Phi) is 5.43. The molecule has 1 heterocycles. The maximum absolute atomic E-state index is 12.9. The van der Waals surface area contributed by atoms with E-state index in [1.807, 2.05) is 42.5 Å². The summed E-state index contributed by atoms with van der Waals surface area (Å²) in [6, 6.07) is 13.7. The zero-order chi connectivity index (χ0) is 20.4. The van der Waals surface area contributed by atoms with Crippen molar-refractivity contribution in [2.24, 2.45) is 5.92 Å². The Morgan fingerprint density at radius 3 is 2.59 bits per heavy atom. The van der Waals surface area contributed by atoms with Gasteiger partial charge in [0.1, 0.15) is 0 Å². The van der Waals surface area contributed by atoms with E-state index in [4.69, 9.17) is 9.47 Å². The zero-order valence-corrected chi connectivity index (χ0v) is 16.8. The number of carbonyl (C=O) groups excluding carboxylic acids is 2. The highest BCUT2D eigenvalue weighted by molar-refractivity contribution is 5.89. The van der Waals surface area contributed by atoms with Gasteiger partial charge in [-0.3, -0.25) is 9.59 Å². The lowest BCUT2D eigenvalue weighted by Crippen LogP contribution is -2.34. The van der Waals surface area contributed by atoms with Crippen molar-refractivity contribution in [2.75, 3.05) is 20.8 Å². The predicted octanol–water partition coefficient (Wildman–Crippen LogP) is 2.86. The van der Waals surface area contributed by atoms with Gasteiger partial charge >= 0.3 is 0 Å². The number of nitrogens with one attached hydrogen (secondary N) is 1. The number of likely N-dealkylation sites (tertiary alicyclic amines) is 1. The fourth-order valence-electron chi connectivity index (χ4n) is 4.28. The summed E-state index contributed by atoms with van der Waals surface area (Å²) in [7, 11) is 3.23. The third-order valence-corrected chi connectivity index (χ3v) is 5.84. The van der Waals surface area contributed by atoms with Gasteiger partial charge in [-0.25, -0.2) is 0 Å². The second kappa shape index (κ2) is 8.15. The summed E-state index contributed by atoms with van der Waals surface area (Å²) in [5.74, 6) is 1.04. The van der Waals surface area contributed by atoms with Gasteiger partial charge in [-0.1, -0.05) is 30.3 Å². The number of aryl methyl sites for hydroxylation is 1. The molecule has 4 rings (SSSR count). The minimum Gasteiger partial charge on any atom is -0.493 e. The third-order valence-electron chi connectivity index (χ3n) is 5.84. The fraction of sp³-hybridized carbons (Fsp3) is 0.391. The van der Waals surface area contributed by atoms with E-state index in [0.29, 0.717) is 24.6 Å². The van der Waals surface area contributed by atoms with Crippen LogP contribution in [0.15, 0.2) is 42.5 Å². The first-order valence-electron chi connectivity index (χ1n) is 9.96. The Morgan fingerprint density at radius 1 is 1.14 bits per heavy atom. The minimum atomic E-state index is -0.310. The number of amides is 2. The van der Waals surface area contributed by atoms with E-state index >= 15 is 0 Å². The van der Waals surface area contributed by atoms with E-state index in [-0.39, 0.29) is 30.2 Å². The Balaban J connectivity index is 1.42. The van der Waals surface area contributed by atoms with Gasteiger partial charge in [-0.2, -0.15) is 0 Å². The van der Waals surface area contributed by atoms with Crippen molar-refractivity contribution in [3.8, 4) is 11.5 Å². The molecule has 0 bridgehead atoms. The SMILES string of the molecule is COc1cc2c(cc1OC)[C@H](NC(=O)[C@H]1CC(=O)N(Cc3ccccc3)C1)CC2. The van der Waals surface area contributed by atoms with Gasteiger partial charge in [0, 0.05) is 19.5 Å². The summed E-state index contributed by atoms with van der Waals surface area (Å²) < 4.78 is 10.8. The molecule has 0 aromatic heterocycles. The van der Waals surface area contributed by atoms with Crippen LogP contribution in [0.1, 0.15) is 35.6 Å². The van der Waals surface area contributed by atoms with Crippen LogP contribution < -0.4 is 14.8 Å². The van der Waals surface area contributed by atoms with E-state index in [9.17, 15) is 9.59 Å². The maximum atomic E-state index is 12.9. The summed E-state index contributed by atoms with van der Waals surface area (Å²) in [6.07, 6.45) is 1.99. The topological polar surface area (TPSA) is 67.9 Å². The molecule has 6 heteroatoms. The van der Waals surface area contributed by atoms with Crippen molar-refractivity contribution in [2.45, 2.75) is 31.8 Å². The molecule has 152 valence electrons. The van der Waals surface area contributed by atoms with Gasteiger partial charge in [0.2, 0.25) is 11.8 Å². The van der Waals surface area contributed by atoms with Crippen LogP contribution >= 0.6 is 0 Å². The molecule has 2 aromatic carbocycles. The van der Waals surface area contributed by atoms with Gasteiger partial charge < -0.3 is 19.7 Å². The Hall–Kier alpha value is -3.02. The quantitative estimate of drug-likeness (QED) is 0.818. The van der Waals surface area contributed by atoms with Crippen LogP contribution in [-0.4, -0.2) is 37.5 Å². The van der Waals surface area contributed by atoms with Crippen LogP contribution in [0, 0.1) is 5.92 Å².